The normalized spacial score (nSPS) is 15.2. The number of hydrogen-bond donors (Lipinski definition) is 1. The molecule has 0 bridgehead atoms. The molecule has 0 aliphatic carbocycles. The topological polar surface area (TPSA) is 137 Å². The van der Waals surface area contributed by atoms with Crippen molar-refractivity contribution in [2.24, 2.45) is 0 Å². The SMILES string of the molecule is CC(C)(C)OC(=O)C(Cc1ccc(N)cc1)N1CCN(c2cc(Cl)ccc2-n2cnnn2)C(=O)C1=O. The molecule has 4 rings (SSSR count). The predicted molar refractivity (Wildman–Crippen MR) is 132 cm³/mol. The Morgan fingerprint density at radius 1 is 1.08 bits per heavy atom. The molecule has 11 nitrogen and oxygen atoms in total. The Kier molecular flexibility index (Phi) is 6.93. The highest BCUT2D eigenvalue weighted by atomic mass is 35.5. The number of tetrazole rings is 1. The van der Waals surface area contributed by atoms with Gasteiger partial charge in [-0.3, -0.25) is 9.59 Å². The van der Waals surface area contributed by atoms with Crippen LogP contribution in [-0.2, 0) is 25.5 Å². The van der Waals surface area contributed by atoms with E-state index in [1.54, 1.807) is 63.2 Å². The van der Waals surface area contributed by atoms with Gasteiger partial charge in [0.05, 0.1) is 11.4 Å². The number of amides is 2. The summed E-state index contributed by atoms with van der Waals surface area (Å²) in [5.41, 5.74) is 7.22. The Hall–Kier alpha value is -3.99. The second kappa shape index (κ2) is 9.94. The number of rotatable bonds is 6. The smallest absolute Gasteiger partial charge is 0.329 e. The Morgan fingerprint density at radius 3 is 2.44 bits per heavy atom. The van der Waals surface area contributed by atoms with Gasteiger partial charge in [0.15, 0.2) is 0 Å². The van der Waals surface area contributed by atoms with Crippen LogP contribution in [-0.4, -0.2) is 67.6 Å². The van der Waals surface area contributed by atoms with E-state index in [-0.39, 0.29) is 19.5 Å². The molecule has 1 unspecified atom stereocenters. The molecular formula is C24H26ClN7O4. The monoisotopic (exact) mass is 511 g/mol. The Morgan fingerprint density at radius 2 is 1.81 bits per heavy atom. The number of benzene rings is 2. The summed E-state index contributed by atoms with van der Waals surface area (Å²) in [5, 5.41) is 11.5. The van der Waals surface area contributed by atoms with Crippen LogP contribution in [0.5, 0.6) is 0 Å². The maximum atomic E-state index is 13.4. The van der Waals surface area contributed by atoms with Gasteiger partial charge >= 0.3 is 17.8 Å². The van der Waals surface area contributed by atoms with Gasteiger partial charge in [0, 0.05) is 30.2 Å². The van der Waals surface area contributed by atoms with E-state index in [1.807, 2.05) is 0 Å². The minimum Gasteiger partial charge on any atom is -0.458 e. The third-order valence-electron chi connectivity index (χ3n) is 5.54. The van der Waals surface area contributed by atoms with Crippen LogP contribution in [0.15, 0.2) is 48.8 Å². The highest BCUT2D eigenvalue weighted by Crippen LogP contribution is 2.30. The molecule has 1 aliphatic heterocycles. The zero-order valence-corrected chi connectivity index (χ0v) is 20.8. The van der Waals surface area contributed by atoms with Gasteiger partial charge in [0.25, 0.3) is 0 Å². The number of hydrogen-bond acceptors (Lipinski definition) is 8. The first-order valence-electron chi connectivity index (χ1n) is 11.3. The standard InChI is InChI=1S/C24H26ClN7O4/c1-24(2,3)36-23(35)20(12-15-4-7-17(26)8-5-15)31-11-10-30(21(33)22(31)34)19-13-16(25)6-9-18(19)32-14-27-28-29-32/h4-9,13-14,20H,10-12,26H2,1-3H3. The van der Waals surface area contributed by atoms with E-state index < -0.39 is 29.4 Å². The molecule has 2 aromatic carbocycles. The minimum atomic E-state index is -0.996. The summed E-state index contributed by atoms with van der Waals surface area (Å²) in [5.74, 6) is -2.22. The third kappa shape index (κ3) is 5.46. The molecule has 0 radical (unpaired) electrons. The molecule has 3 aromatic rings. The molecule has 2 amide bonds. The van der Waals surface area contributed by atoms with Gasteiger partial charge in [-0.2, -0.15) is 4.68 Å². The summed E-state index contributed by atoms with van der Waals surface area (Å²) in [6, 6.07) is 10.8. The first-order valence-corrected chi connectivity index (χ1v) is 11.6. The zero-order valence-electron chi connectivity index (χ0n) is 20.1. The van der Waals surface area contributed by atoms with Crippen LogP contribution in [0.25, 0.3) is 5.69 Å². The molecule has 1 saturated heterocycles. The number of halogens is 1. The molecule has 1 aliphatic rings. The van der Waals surface area contributed by atoms with Crippen LogP contribution in [0.4, 0.5) is 11.4 Å². The Balaban J connectivity index is 1.64. The fourth-order valence-electron chi connectivity index (χ4n) is 3.92. The summed E-state index contributed by atoms with van der Waals surface area (Å²) < 4.78 is 6.98. The maximum absolute atomic E-state index is 13.4. The van der Waals surface area contributed by atoms with Gasteiger partial charge in [0.2, 0.25) is 0 Å². The van der Waals surface area contributed by atoms with Crippen molar-refractivity contribution in [1.82, 2.24) is 25.1 Å². The fourth-order valence-corrected chi connectivity index (χ4v) is 4.09. The molecular weight excluding hydrogens is 486 g/mol. The quantitative estimate of drug-likeness (QED) is 0.301. The van der Waals surface area contributed by atoms with Crippen LogP contribution >= 0.6 is 11.6 Å². The number of nitrogen functional groups attached to an aromatic ring is 1. The molecule has 0 spiro atoms. The second-order valence-electron chi connectivity index (χ2n) is 9.34. The maximum Gasteiger partial charge on any atom is 0.329 e. The minimum absolute atomic E-state index is 0.102. The van der Waals surface area contributed by atoms with Crippen molar-refractivity contribution in [1.29, 1.82) is 0 Å². The Bertz CT molecular complexity index is 1270. The number of piperazine rings is 1. The average Bonchev–Trinajstić information content (AvgIpc) is 3.34. The van der Waals surface area contributed by atoms with Crippen LogP contribution < -0.4 is 10.6 Å². The van der Waals surface area contributed by atoms with E-state index in [2.05, 4.69) is 15.5 Å². The van der Waals surface area contributed by atoms with Crippen LogP contribution in [0.1, 0.15) is 26.3 Å². The number of carbonyl (C=O) groups is 3. The molecule has 0 saturated carbocycles. The summed E-state index contributed by atoms with van der Waals surface area (Å²) in [4.78, 5) is 42.5. The van der Waals surface area contributed by atoms with E-state index in [0.717, 1.165) is 5.56 Å². The number of nitrogens with two attached hydrogens (primary N) is 1. The third-order valence-corrected chi connectivity index (χ3v) is 5.78. The number of aromatic nitrogens is 4. The van der Waals surface area contributed by atoms with E-state index >= 15 is 0 Å². The predicted octanol–water partition coefficient (Wildman–Crippen LogP) is 2.03. The lowest BCUT2D eigenvalue weighted by atomic mass is 10.0. The van der Waals surface area contributed by atoms with E-state index in [4.69, 9.17) is 22.1 Å². The van der Waals surface area contributed by atoms with Gasteiger partial charge in [-0.25, -0.2) is 4.79 Å². The van der Waals surface area contributed by atoms with Gasteiger partial charge in [-0.05, 0) is 67.1 Å². The lowest BCUT2D eigenvalue weighted by Gasteiger charge is -2.38. The fraction of sp³-hybridized carbons (Fsp3) is 0.333. The highest BCUT2D eigenvalue weighted by Gasteiger charge is 2.42. The zero-order chi connectivity index (χ0) is 26.0. The average molecular weight is 512 g/mol. The van der Waals surface area contributed by atoms with Gasteiger partial charge in [0.1, 0.15) is 18.0 Å². The molecule has 2 N–H and O–H groups in total. The molecule has 1 aromatic heterocycles. The van der Waals surface area contributed by atoms with Crippen molar-refractivity contribution < 1.29 is 19.1 Å². The van der Waals surface area contributed by atoms with Crippen LogP contribution in [0.2, 0.25) is 5.02 Å². The van der Waals surface area contributed by atoms with E-state index in [1.165, 1.54) is 20.8 Å². The number of esters is 1. The van der Waals surface area contributed by atoms with Crippen molar-refractivity contribution in [3.05, 3.63) is 59.4 Å². The van der Waals surface area contributed by atoms with Crippen molar-refractivity contribution in [3.8, 4) is 5.69 Å². The van der Waals surface area contributed by atoms with Crippen LogP contribution in [0, 0.1) is 0 Å². The molecule has 2 heterocycles. The lowest BCUT2D eigenvalue weighted by Crippen LogP contribution is -2.60. The number of carbonyl (C=O) groups excluding carboxylic acids is 3. The van der Waals surface area contributed by atoms with Gasteiger partial charge < -0.3 is 20.3 Å². The van der Waals surface area contributed by atoms with E-state index in [9.17, 15) is 14.4 Å². The van der Waals surface area contributed by atoms with Gasteiger partial charge in [-0.1, -0.05) is 23.7 Å². The first kappa shape index (κ1) is 25.1. The molecule has 188 valence electrons. The van der Waals surface area contributed by atoms with Crippen molar-refractivity contribution in [2.75, 3.05) is 23.7 Å². The summed E-state index contributed by atoms with van der Waals surface area (Å²) in [6.45, 7) is 5.47. The lowest BCUT2D eigenvalue weighted by molar-refractivity contribution is -0.166. The second-order valence-corrected chi connectivity index (χ2v) is 9.77. The van der Waals surface area contributed by atoms with Crippen molar-refractivity contribution >= 4 is 40.8 Å². The molecule has 36 heavy (non-hydrogen) atoms. The van der Waals surface area contributed by atoms with Gasteiger partial charge in [-0.15, -0.1) is 5.10 Å². The largest absolute Gasteiger partial charge is 0.458 e. The summed E-state index contributed by atoms with van der Waals surface area (Å²) >= 11 is 6.20. The Labute approximate surface area is 212 Å². The molecule has 12 heteroatoms. The van der Waals surface area contributed by atoms with E-state index in [0.29, 0.717) is 22.1 Å². The molecule has 1 atom stereocenters. The highest BCUT2D eigenvalue weighted by molar-refractivity contribution is 6.41. The summed E-state index contributed by atoms with van der Waals surface area (Å²) in [7, 11) is 0. The number of ether oxygens (including phenoxy) is 1. The first-order chi connectivity index (χ1) is 17.0. The molecule has 1 fully saturated rings. The van der Waals surface area contributed by atoms with Crippen LogP contribution in [0.3, 0.4) is 0 Å². The van der Waals surface area contributed by atoms with Crippen molar-refractivity contribution in [3.63, 3.8) is 0 Å². The number of nitrogens with zero attached hydrogens (tertiary/aromatic N) is 6. The number of anilines is 2. The van der Waals surface area contributed by atoms with Crippen molar-refractivity contribution in [2.45, 2.75) is 38.8 Å². The summed E-state index contributed by atoms with van der Waals surface area (Å²) in [6.07, 6.45) is 1.54.